The van der Waals surface area contributed by atoms with Crippen LogP contribution >= 0.6 is 0 Å². The first kappa shape index (κ1) is 13.6. The van der Waals surface area contributed by atoms with Crippen molar-refractivity contribution in [1.82, 2.24) is 0 Å². The van der Waals surface area contributed by atoms with E-state index in [0.717, 1.165) is 6.42 Å². The molecule has 0 N–H and O–H groups in total. The van der Waals surface area contributed by atoms with Gasteiger partial charge in [0.1, 0.15) is 0 Å². The molecule has 0 spiro atoms. The average molecular weight is 367 g/mol. The topological polar surface area (TPSA) is 0 Å². The van der Waals surface area contributed by atoms with Crippen LogP contribution in [0.3, 0.4) is 0 Å². The van der Waals surface area contributed by atoms with Gasteiger partial charge in [-0.2, -0.15) is 0 Å². The van der Waals surface area contributed by atoms with Crippen LogP contribution in [0, 0.1) is 0 Å². The molecule has 0 saturated carbocycles. The van der Waals surface area contributed by atoms with Crippen molar-refractivity contribution in [3.05, 3.63) is 48.6 Å². The second-order valence-electron chi connectivity index (χ2n) is 3.23. The van der Waals surface area contributed by atoms with Crippen LogP contribution < -0.4 is 0 Å². The van der Waals surface area contributed by atoms with Gasteiger partial charge in [-0.3, -0.25) is 0 Å². The van der Waals surface area contributed by atoms with Gasteiger partial charge >= 0.3 is 0 Å². The van der Waals surface area contributed by atoms with Crippen molar-refractivity contribution in [3.8, 4) is 0 Å². The van der Waals surface area contributed by atoms with Gasteiger partial charge in [0, 0.05) is 20.1 Å². The first-order valence-corrected chi connectivity index (χ1v) is 5.13. The summed E-state index contributed by atoms with van der Waals surface area (Å²) in [6.45, 7) is 0. The molecular weight excluding hydrogens is 348 g/mol. The SMILES string of the molecule is C1=CCC=C1.C1=CCCCCC=C1.[Ir]. The molecule has 0 amide bonds. The van der Waals surface area contributed by atoms with E-state index in [1.54, 1.807) is 0 Å². The van der Waals surface area contributed by atoms with Crippen molar-refractivity contribution in [3.63, 3.8) is 0 Å². The van der Waals surface area contributed by atoms with Gasteiger partial charge in [-0.25, -0.2) is 0 Å². The predicted octanol–water partition coefficient (Wildman–Crippen LogP) is 4.17. The molecule has 1 heteroatoms. The normalized spacial score (nSPS) is 17.7. The summed E-state index contributed by atoms with van der Waals surface area (Å²) in [5.41, 5.74) is 0. The minimum atomic E-state index is 0. The zero-order chi connectivity index (χ0) is 9.19. The molecule has 1 radical (unpaired) electrons. The predicted molar refractivity (Wildman–Crippen MR) is 59.6 cm³/mol. The molecule has 0 nitrogen and oxygen atoms in total. The molecule has 0 aliphatic heterocycles. The Balaban J connectivity index is 0.000000246. The zero-order valence-corrected chi connectivity index (χ0v) is 10.9. The van der Waals surface area contributed by atoms with E-state index in [1.807, 2.05) is 0 Å². The molecule has 0 unspecified atom stereocenters. The first-order chi connectivity index (χ1) is 6.50. The Hall–Kier alpha value is -0.391. The molecule has 0 bridgehead atoms. The van der Waals surface area contributed by atoms with Crippen LogP contribution in [0.1, 0.15) is 32.1 Å². The zero-order valence-electron chi connectivity index (χ0n) is 8.49. The van der Waals surface area contributed by atoms with Crippen molar-refractivity contribution in [2.75, 3.05) is 0 Å². The monoisotopic (exact) mass is 367 g/mol. The minimum absolute atomic E-state index is 0. The maximum absolute atomic E-state index is 2.23. The van der Waals surface area contributed by atoms with E-state index in [1.165, 1.54) is 25.7 Å². The summed E-state index contributed by atoms with van der Waals surface area (Å²) in [5.74, 6) is 0. The van der Waals surface area contributed by atoms with Crippen molar-refractivity contribution in [2.45, 2.75) is 32.1 Å². The van der Waals surface area contributed by atoms with Gasteiger partial charge < -0.3 is 0 Å². The van der Waals surface area contributed by atoms with E-state index in [9.17, 15) is 0 Å². The molecule has 2 rings (SSSR count). The molecule has 79 valence electrons. The molecule has 0 aromatic rings. The van der Waals surface area contributed by atoms with Crippen LogP contribution in [0.2, 0.25) is 0 Å². The quantitative estimate of drug-likeness (QED) is 0.604. The molecule has 2 aliphatic rings. The maximum atomic E-state index is 2.23. The second-order valence-corrected chi connectivity index (χ2v) is 3.23. The summed E-state index contributed by atoms with van der Waals surface area (Å²) >= 11 is 0. The number of allylic oxidation sites excluding steroid dienone is 8. The van der Waals surface area contributed by atoms with Gasteiger partial charge in [-0.1, -0.05) is 48.6 Å². The van der Waals surface area contributed by atoms with Gasteiger partial charge in [0.05, 0.1) is 0 Å². The fourth-order valence-electron chi connectivity index (χ4n) is 1.27. The van der Waals surface area contributed by atoms with Gasteiger partial charge in [-0.05, 0) is 32.1 Å². The van der Waals surface area contributed by atoms with E-state index in [2.05, 4.69) is 48.6 Å². The fraction of sp³-hybridized carbons (Fsp3) is 0.385. The van der Waals surface area contributed by atoms with Crippen molar-refractivity contribution < 1.29 is 20.1 Å². The maximum Gasteiger partial charge on any atom is 0 e. The van der Waals surface area contributed by atoms with E-state index in [0.29, 0.717) is 0 Å². The third-order valence-electron chi connectivity index (χ3n) is 2.03. The number of rotatable bonds is 0. The van der Waals surface area contributed by atoms with Crippen molar-refractivity contribution in [1.29, 1.82) is 0 Å². The minimum Gasteiger partial charge on any atom is -0.0845 e. The van der Waals surface area contributed by atoms with Crippen LogP contribution in [-0.4, -0.2) is 0 Å². The van der Waals surface area contributed by atoms with Gasteiger partial charge in [0.15, 0.2) is 0 Å². The Kier molecular flexibility index (Phi) is 10.4. The molecule has 0 atom stereocenters. The Morgan fingerprint density at radius 3 is 1.36 bits per heavy atom. The van der Waals surface area contributed by atoms with Crippen LogP contribution in [-0.2, 0) is 20.1 Å². The molecule has 0 aromatic carbocycles. The molecule has 0 fully saturated rings. The summed E-state index contributed by atoms with van der Waals surface area (Å²) in [4.78, 5) is 0. The van der Waals surface area contributed by atoms with Gasteiger partial charge in [0.25, 0.3) is 0 Å². The third-order valence-corrected chi connectivity index (χ3v) is 2.03. The van der Waals surface area contributed by atoms with E-state index in [-0.39, 0.29) is 20.1 Å². The van der Waals surface area contributed by atoms with Crippen LogP contribution in [0.25, 0.3) is 0 Å². The summed E-state index contributed by atoms with van der Waals surface area (Å²) in [6.07, 6.45) is 23.5. The molecule has 2 aliphatic carbocycles. The summed E-state index contributed by atoms with van der Waals surface area (Å²) in [5, 5.41) is 0. The van der Waals surface area contributed by atoms with Crippen molar-refractivity contribution in [2.24, 2.45) is 0 Å². The fourth-order valence-corrected chi connectivity index (χ4v) is 1.27. The van der Waals surface area contributed by atoms with E-state index < -0.39 is 0 Å². The molecule has 0 heterocycles. The van der Waals surface area contributed by atoms with Crippen LogP contribution in [0.15, 0.2) is 48.6 Å². The third kappa shape index (κ3) is 8.22. The van der Waals surface area contributed by atoms with E-state index in [4.69, 9.17) is 0 Å². The molecule has 0 saturated heterocycles. The molecule has 14 heavy (non-hydrogen) atoms. The number of hydrogen-bond donors (Lipinski definition) is 0. The largest absolute Gasteiger partial charge is 0.0845 e. The van der Waals surface area contributed by atoms with Gasteiger partial charge in [0.2, 0.25) is 0 Å². The summed E-state index contributed by atoms with van der Waals surface area (Å²) in [7, 11) is 0. The second kappa shape index (κ2) is 10.7. The molecule has 0 aromatic heterocycles. The van der Waals surface area contributed by atoms with Crippen LogP contribution in [0.5, 0.6) is 0 Å². The number of hydrogen-bond acceptors (Lipinski definition) is 0. The van der Waals surface area contributed by atoms with Crippen LogP contribution in [0.4, 0.5) is 0 Å². The Bertz CT molecular complexity index is 197. The standard InChI is InChI=1S/C8H12.C5H6.Ir/c1-2-4-6-8-7-5-3-1;1-2-4-5-3-1;/h1-4H,5-8H2;1-4H,5H2;. The Morgan fingerprint density at radius 2 is 1.00 bits per heavy atom. The first-order valence-electron chi connectivity index (χ1n) is 5.13. The molecular formula is C13H18Ir. The van der Waals surface area contributed by atoms with Crippen molar-refractivity contribution >= 4 is 0 Å². The average Bonchev–Trinajstić information content (AvgIpc) is 2.58. The van der Waals surface area contributed by atoms with E-state index >= 15 is 0 Å². The van der Waals surface area contributed by atoms with Gasteiger partial charge in [-0.15, -0.1) is 0 Å². The smallest absolute Gasteiger partial charge is 0 e. The Morgan fingerprint density at radius 1 is 0.571 bits per heavy atom. The Labute approximate surface area is 101 Å². The summed E-state index contributed by atoms with van der Waals surface area (Å²) < 4.78 is 0. The summed E-state index contributed by atoms with van der Waals surface area (Å²) in [6, 6.07) is 0.